The average molecular weight is 346 g/mol. The number of pyridine rings is 1. The van der Waals surface area contributed by atoms with Crippen LogP contribution in [0.15, 0.2) is 10.9 Å². The number of carbonyl (C=O) groups excluding carboxylic acids is 1. The van der Waals surface area contributed by atoms with Crippen molar-refractivity contribution >= 4 is 11.9 Å². The number of carboxylic acids is 1. The number of fused-ring (bicyclic) bond motifs is 1. The first kappa shape index (κ1) is 17.7. The number of carbonyl (C=O) groups is 2. The van der Waals surface area contributed by atoms with Gasteiger partial charge in [-0.3, -0.25) is 9.59 Å². The molecule has 3 rings (SSSR count). The number of rotatable bonds is 3. The molecule has 136 valence electrons. The molecule has 1 amide bonds. The second kappa shape index (κ2) is 7.02. The monoisotopic (exact) mass is 346 g/mol. The molecule has 6 heteroatoms. The van der Waals surface area contributed by atoms with Crippen molar-refractivity contribution in [1.29, 1.82) is 0 Å². The molecule has 0 radical (unpaired) electrons. The number of nitrogens with one attached hydrogen (secondary N) is 2. The Balaban J connectivity index is 1.86. The van der Waals surface area contributed by atoms with Gasteiger partial charge in [0.1, 0.15) is 11.1 Å². The van der Waals surface area contributed by atoms with Crippen molar-refractivity contribution < 1.29 is 14.7 Å². The third-order valence-corrected chi connectivity index (χ3v) is 5.72. The van der Waals surface area contributed by atoms with Gasteiger partial charge in [0.25, 0.3) is 11.5 Å². The van der Waals surface area contributed by atoms with Gasteiger partial charge in [-0.1, -0.05) is 13.3 Å². The number of H-pyrrole nitrogens is 1. The fourth-order valence-corrected chi connectivity index (χ4v) is 3.95. The number of aliphatic carboxylic acids is 1. The molecule has 6 nitrogen and oxygen atoms in total. The molecule has 1 saturated carbocycles. The molecule has 0 bridgehead atoms. The van der Waals surface area contributed by atoms with Gasteiger partial charge >= 0.3 is 5.97 Å². The molecule has 1 heterocycles. The smallest absolute Gasteiger partial charge is 0.329 e. The van der Waals surface area contributed by atoms with Gasteiger partial charge in [0.05, 0.1) is 0 Å². The van der Waals surface area contributed by atoms with Crippen molar-refractivity contribution in [3.63, 3.8) is 0 Å². The molecule has 1 aromatic rings. The van der Waals surface area contributed by atoms with Gasteiger partial charge in [-0.2, -0.15) is 0 Å². The van der Waals surface area contributed by atoms with Crippen LogP contribution >= 0.6 is 0 Å². The summed E-state index contributed by atoms with van der Waals surface area (Å²) in [5, 5.41) is 12.3. The van der Waals surface area contributed by atoms with Crippen LogP contribution in [0, 0.1) is 5.92 Å². The molecule has 1 fully saturated rings. The van der Waals surface area contributed by atoms with E-state index >= 15 is 0 Å². The third-order valence-electron chi connectivity index (χ3n) is 5.72. The first-order valence-corrected chi connectivity index (χ1v) is 9.22. The summed E-state index contributed by atoms with van der Waals surface area (Å²) in [6.45, 7) is 2.09. The van der Waals surface area contributed by atoms with E-state index in [0.717, 1.165) is 56.2 Å². The van der Waals surface area contributed by atoms with E-state index in [-0.39, 0.29) is 5.56 Å². The van der Waals surface area contributed by atoms with E-state index in [1.807, 2.05) is 0 Å². The van der Waals surface area contributed by atoms with Gasteiger partial charge in [0.2, 0.25) is 0 Å². The Bertz CT molecular complexity index is 729. The molecule has 0 spiro atoms. The van der Waals surface area contributed by atoms with Crippen LogP contribution in [0.25, 0.3) is 0 Å². The largest absolute Gasteiger partial charge is 0.480 e. The Morgan fingerprint density at radius 3 is 2.56 bits per heavy atom. The highest BCUT2D eigenvalue weighted by Gasteiger charge is 2.43. The van der Waals surface area contributed by atoms with Crippen LogP contribution in [0.5, 0.6) is 0 Å². The van der Waals surface area contributed by atoms with Crippen LogP contribution in [0.4, 0.5) is 0 Å². The SMILES string of the molecule is CC1CCC(NC(=O)c2cc3c([nH]c2=O)CCCCC3)(C(=O)O)CC1. The van der Waals surface area contributed by atoms with E-state index in [1.54, 1.807) is 6.07 Å². The first-order valence-electron chi connectivity index (χ1n) is 9.22. The third kappa shape index (κ3) is 3.62. The van der Waals surface area contributed by atoms with E-state index in [1.165, 1.54) is 0 Å². The van der Waals surface area contributed by atoms with Gasteiger partial charge < -0.3 is 15.4 Å². The summed E-state index contributed by atoms with van der Waals surface area (Å²) in [5.74, 6) is -1.13. The molecule has 2 aliphatic carbocycles. The molecule has 0 aromatic carbocycles. The summed E-state index contributed by atoms with van der Waals surface area (Å²) in [7, 11) is 0. The van der Waals surface area contributed by atoms with Crippen molar-refractivity contribution in [1.82, 2.24) is 10.3 Å². The van der Waals surface area contributed by atoms with E-state index in [9.17, 15) is 19.5 Å². The maximum atomic E-state index is 12.7. The molecule has 0 unspecified atom stereocenters. The van der Waals surface area contributed by atoms with Crippen molar-refractivity contribution in [2.75, 3.05) is 0 Å². The molecule has 0 atom stereocenters. The summed E-state index contributed by atoms with van der Waals surface area (Å²) >= 11 is 0. The van der Waals surface area contributed by atoms with Gasteiger partial charge in [-0.05, 0) is 68.9 Å². The molecule has 3 N–H and O–H groups in total. The minimum atomic E-state index is -1.26. The Morgan fingerprint density at radius 2 is 1.88 bits per heavy atom. The lowest BCUT2D eigenvalue weighted by molar-refractivity contribution is -0.146. The summed E-state index contributed by atoms with van der Waals surface area (Å²) in [6, 6.07) is 1.66. The lowest BCUT2D eigenvalue weighted by Crippen LogP contribution is -2.56. The maximum absolute atomic E-state index is 12.7. The molecule has 2 aliphatic rings. The van der Waals surface area contributed by atoms with Gasteiger partial charge in [-0.25, -0.2) is 4.79 Å². The van der Waals surface area contributed by atoms with Crippen LogP contribution < -0.4 is 10.9 Å². The summed E-state index contributed by atoms with van der Waals surface area (Å²) < 4.78 is 0. The standard InChI is InChI=1S/C19H26N2O4/c1-12-7-9-19(10-8-12,18(24)25)21-17(23)14-11-13-5-3-2-4-6-15(13)20-16(14)22/h11-12H,2-10H2,1H3,(H,20,22)(H,21,23)(H,24,25). The van der Waals surface area contributed by atoms with Gasteiger partial charge in [-0.15, -0.1) is 0 Å². The summed E-state index contributed by atoms with van der Waals surface area (Å²) in [6.07, 6.45) is 7.16. The highest BCUT2D eigenvalue weighted by Crippen LogP contribution is 2.32. The minimum absolute atomic E-state index is 0.0277. The van der Waals surface area contributed by atoms with Crippen molar-refractivity contribution in [3.8, 4) is 0 Å². The van der Waals surface area contributed by atoms with Crippen LogP contribution in [0.3, 0.4) is 0 Å². The zero-order valence-corrected chi connectivity index (χ0v) is 14.7. The topological polar surface area (TPSA) is 99.3 Å². The lowest BCUT2D eigenvalue weighted by atomic mass is 9.77. The second-order valence-corrected chi connectivity index (χ2v) is 7.60. The minimum Gasteiger partial charge on any atom is -0.480 e. The fraction of sp³-hybridized carbons (Fsp3) is 0.632. The molecular weight excluding hydrogens is 320 g/mol. The maximum Gasteiger partial charge on any atom is 0.329 e. The lowest BCUT2D eigenvalue weighted by Gasteiger charge is -2.36. The highest BCUT2D eigenvalue weighted by molar-refractivity contribution is 5.97. The Labute approximate surface area is 147 Å². The van der Waals surface area contributed by atoms with E-state index in [4.69, 9.17) is 0 Å². The molecule has 0 saturated heterocycles. The summed E-state index contributed by atoms with van der Waals surface area (Å²) in [5.41, 5.74) is 0.258. The van der Waals surface area contributed by atoms with Gasteiger partial charge in [0, 0.05) is 5.69 Å². The highest BCUT2D eigenvalue weighted by atomic mass is 16.4. The van der Waals surface area contributed by atoms with Crippen molar-refractivity contribution in [2.24, 2.45) is 5.92 Å². The van der Waals surface area contributed by atoms with Crippen molar-refractivity contribution in [3.05, 3.63) is 33.2 Å². The number of amides is 1. The Hall–Kier alpha value is -2.11. The van der Waals surface area contributed by atoms with E-state index in [2.05, 4.69) is 17.2 Å². The Morgan fingerprint density at radius 1 is 1.20 bits per heavy atom. The number of aromatic nitrogens is 1. The van der Waals surface area contributed by atoms with E-state index < -0.39 is 23.0 Å². The average Bonchev–Trinajstić information content (AvgIpc) is 2.80. The second-order valence-electron chi connectivity index (χ2n) is 7.60. The van der Waals surface area contributed by atoms with Crippen LogP contribution in [0.2, 0.25) is 0 Å². The normalized spacial score (nSPS) is 26.4. The summed E-state index contributed by atoms with van der Waals surface area (Å²) in [4.78, 5) is 39.7. The van der Waals surface area contributed by atoms with Crippen LogP contribution in [-0.4, -0.2) is 27.5 Å². The predicted molar refractivity (Wildman–Crippen MR) is 93.8 cm³/mol. The zero-order chi connectivity index (χ0) is 18.0. The zero-order valence-electron chi connectivity index (χ0n) is 14.7. The predicted octanol–water partition coefficient (Wildman–Crippen LogP) is 2.41. The van der Waals surface area contributed by atoms with Crippen molar-refractivity contribution in [2.45, 2.75) is 70.3 Å². The van der Waals surface area contributed by atoms with E-state index in [0.29, 0.717) is 18.8 Å². The van der Waals surface area contributed by atoms with Crippen LogP contribution in [-0.2, 0) is 17.6 Å². The van der Waals surface area contributed by atoms with Gasteiger partial charge in [0.15, 0.2) is 0 Å². The number of aryl methyl sites for hydroxylation is 2. The molecule has 1 aromatic heterocycles. The Kier molecular flexibility index (Phi) is 4.97. The number of carboxylic acid groups (broad SMARTS) is 1. The first-order chi connectivity index (χ1) is 11.9. The molecule has 25 heavy (non-hydrogen) atoms. The fourth-order valence-electron chi connectivity index (χ4n) is 3.95. The number of hydrogen-bond acceptors (Lipinski definition) is 3. The quantitative estimate of drug-likeness (QED) is 0.732. The molecule has 0 aliphatic heterocycles. The number of aromatic amines is 1. The molecular formula is C19H26N2O4. The van der Waals surface area contributed by atoms with Crippen LogP contribution in [0.1, 0.15) is 73.5 Å². The number of hydrogen-bond donors (Lipinski definition) is 3.